The number of aldehydes is 1. The van der Waals surface area contributed by atoms with Crippen LogP contribution >= 0.6 is 0 Å². The average Bonchev–Trinajstić information content (AvgIpc) is 2.58. The molecule has 96 valence electrons. The van der Waals surface area contributed by atoms with Crippen molar-refractivity contribution in [3.8, 4) is 0 Å². The van der Waals surface area contributed by atoms with Gasteiger partial charge in [0.15, 0.2) is 12.1 Å². The fourth-order valence-corrected chi connectivity index (χ4v) is 1.67. The molecule has 1 aromatic rings. The van der Waals surface area contributed by atoms with Crippen LogP contribution in [-0.2, 0) is 11.3 Å². The molecule has 1 heterocycles. The van der Waals surface area contributed by atoms with Gasteiger partial charge in [-0.15, -0.1) is 0 Å². The molecule has 0 amide bonds. The normalized spacial score (nSPS) is 12.8. The lowest BCUT2D eigenvalue weighted by atomic mass is 10.0. The third kappa shape index (κ3) is 5.10. The highest BCUT2D eigenvalue weighted by molar-refractivity contribution is 5.73. The van der Waals surface area contributed by atoms with Crippen molar-refractivity contribution in [2.45, 2.75) is 52.0 Å². The number of ether oxygens (including phenoxy) is 1. The van der Waals surface area contributed by atoms with Crippen molar-refractivity contribution in [3.05, 3.63) is 18.0 Å². The first-order valence-corrected chi connectivity index (χ1v) is 5.62. The second kappa shape index (κ2) is 4.98. The molecule has 0 saturated carbocycles. The molecule has 0 unspecified atom stereocenters. The monoisotopic (exact) mass is 240 g/mol. The molecule has 0 atom stereocenters. The van der Waals surface area contributed by atoms with E-state index in [0.717, 1.165) is 6.29 Å². The van der Waals surface area contributed by atoms with Crippen molar-refractivity contribution < 1.29 is 14.6 Å². The van der Waals surface area contributed by atoms with Crippen LogP contribution in [0.1, 0.15) is 44.5 Å². The Hall–Kier alpha value is -1.20. The van der Waals surface area contributed by atoms with Gasteiger partial charge in [-0.3, -0.25) is 9.48 Å². The lowest BCUT2D eigenvalue weighted by Crippen LogP contribution is -2.37. The average molecular weight is 240 g/mol. The van der Waals surface area contributed by atoms with Crippen LogP contribution in [0.3, 0.4) is 0 Å². The van der Waals surface area contributed by atoms with Gasteiger partial charge < -0.3 is 9.84 Å². The molecule has 0 bridgehead atoms. The molecule has 1 N–H and O–H groups in total. The third-order valence-electron chi connectivity index (χ3n) is 2.26. The van der Waals surface area contributed by atoms with Gasteiger partial charge in [0.25, 0.3) is 0 Å². The summed E-state index contributed by atoms with van der Waals surface area (Å²) in [6, 6.07) is 0. The maximum Gasteiger partial charge on any atom is 0.160 e. The van der Waals surface area contributed by atoms with E-state index >= 15 is 0 Å². The van der Waals surface area contributed by atoms with Gasteiger partial charge in [0.1, 0.15) is 0 Å². The highest BCUT2D eigenvalue weighted by Crippen LogP contribution is 2.22. The molecule has 0 fully saturated rings. The van der Waals surface area contributed by atoms with Crippen LogP contribution in [-0.4, -0.2) is 32.6 Å². The van der Waals surface area contributed by atoms with Gasteiger partial charge in [-0.05, 0) is 34.1 Å². The quantitative estimate of drug-likeness (QED) is 0.606. The Morgan fingerprint density at radius 1 is 1.47 bits per heavy atom. The lowest BCUT2D eigenvalue weighted by Gasteiger charge is -2.32. The summed E-state index contributed by atoms with van der Waals surface area (Å²) >= 11 is 0. The smallest absolute Gasteiger partial charge is 0.160 e. The summed E-state index contributed by atoms with van der Waals surface area (Å²) in [4.78, 5) is 10.5. The minimum absolute atomic E-state index is 0.453. The number of aryl methyl sites for hydroxylation is 1. The second-order valence-electron chi connectivity index (χ2n) is 5.21. The van der Waals surface area contributed by atoms with E-state index in [9.17, 15) is 9.90 Å². The predicted octanol–water partition coefficient (Wildman–Crippen LogP) is 1.61. The first-order valence-electron chi connectivity index (χ1n) is 5.62. The number of nitrogens with zero attached hydrogens (tertiary/aromatic N) is 2. The van der Waals surface area contributed by atoms with E-state index in [-0.39, 0.29) is 0 Å². The molecule has 0 aliphatic carbocycles. The van der Waals surface area contributed by atoms with E-state index in [0.29, 0.717) is 18.5 Å². The van der Waals surface area contributed by atoms with Crippen LogP contribution in [0.4, 0.5) is 0 Å². The molecule has 0 spiro atoms. The maximum absolute atomic E-state index is 10.5. The molecular weight excluding hydrogens is 220 g/mol. The van der Waals surface area contributed by atoms with E-state index in [4.69, 9.17) is 4.74 Å². The fourth-order valence-electron chi connectivity index (χ4n) is 1.67. The first-order chi connectivity index (χ1) is 7.72. The van der Waals surface area contributed by atoms with Crippen LogP contribution in [0.5, 0.6) is 0 Å². The molecule has 1 aromatic heterocycles. The van der Waals surface area contributed by atoms with Crippen molar-refractivity contribution in [2.75, 3.05) is 0 Å². The molecule has 5 heteroatoms. The molecule has 0 saturated heterocycles. The summed E-state index contributed by atoms with van der Waals surface area (Å²) in [5.41, 5.74) is 0.108. The number of hydrogen-bond donors (Lipinski definition) is 1. The summed E-state index contributed by atoms with van der Waals surface area (Å²) in [5, 5.41) is 13.7. The number of aliphatic hydroxyl groups is 1. The molecule has 0 radical (unpaired) electrons. The van der Waals surface area contributed by atoms with Crippen molar-refractivity contribution >= 4 is 6.29 Å². The van der Waals surface area contributed by atoms with Crippen LogP contribution < -0.4 is 0 Å². The third-order valence-corrected chi connectivity index (χ3v) is 2.26. The van der Waals surface area contributed by atoms with Gasteiger partial charge in [-0.2, -0.15) is 5.10 Å². The fraction of sp³-hybridized carbons (Fsp3) is 0.667. The zero-order valence-electron chi connectivity index (χ0n) is 10.8. The Kier molecular flexibility index (Phi) is 4.06. The first kappa shape index (κ1) is 13.9. The number of hydrogen-bond acceptors (Lipinski definition) is 4. The van der Waals surface area contributed by atoms with E-state index in [1.807, 2.05) is 13.8 Å². The van der Waals surface area contributed by atoms with E-state index < -0.39 is 11.4 Å². The van der Waals surface area contributed by atoms with Crippen molar-refractivity contribution in [3.63, 3.8) is 0 Å². The maximum atomic E-state index is 10.5. The number of aromatic nitrogens is 2. The summed E-state index contributed by atoms with van der Waals surface area (Å²) in [6.07, 6.45) is 4.67. The SMILES string of the molecule is CC(C)(O)OC(C)(C)CCn1cc(C=O)cn1. The van der Waals surface area contributed by atoms with Gasteiger partial charge in [0, 0.05) is 12.7 Å². The molecule has 0 aromatic carbocycles. The minimum Gasteiger partial charge on any atom is -0.366 e. The summed E-state index contributed by atoms with van der Waals surface area (Å²) in [7, 11) is 0. The highest BCUT2D eigenvalue weighted by Gasteiger charge is 2.26. The molecule has 0 aliphatic heterocycles. The Morgan fingerprint density at radius 2 is 2.12 bits per heavy atom. The van der Waals surface area contributed by atoms with Gasteiger partial charge in [0.05, 0.1) is 17.4 Å². The highest BCUT2D eigenvalue weighted by atomic mass is 16.6. The largest absolute Gasteiger partial charge is 0.366 e. The van der Waals surface area contributed by atoms with E-state index in [2.05, 4.69) is 5.10 Å². The molecular formula is C12H20N2O3. The number of carbonyl (C=O) groups excluding carboxylic acids is 1. The zero-order valence-corrected chi connectivity index (χ0v) is 10.8. The van der Waals surface area contributed by atoms with Gasteiger partial charge in [-0.25, -0.2) is 0 Å². The Morgan fingerprint density at radius 3 is 2.59 bits per heavy atom. The Bertz CT molecular complexity index is 377. The summed E-state index contributed by atoms with van der Waals surface area (Å²) in [5.74, 6) is -1.15. The van der Waals surface area contributed by atoms with E-state index in [1.54, 1.807) is 24.7 Å². The zero-order chi connectivity index (χ0) is 13.1. The predicted molar refractivity (Wildman–Crippen MR) is 63.7 cm³/mol. The Balaban J connectivity index is 2.51. The second-order valence-corrected chi connectivity index (χ2v) is 5.21. The van der Waals surface area contributed by atoms with E-state index in [1.165, 1.54) is 6.20 Å². The number of rotatable bonds is 6. The molecule has 5 nitrogen and oxygen atoms in total. The van der Waals surface area contributed by atoms with Crippen LogP contribution in [0.2, 0.25) is 0 Å². The van der Waals surface area contributed by atoms with Crippen LogP contribution in [0, 0.1) is 0 Å². The Labute approximate surface area is 101 Å². The van der Waals surface area contributed by atoms with Gasteiger partial charge in [-0.1, -0.05) is 0 Å². The lowest BCUT2D eigenvalue weighted by molar-refractivity contribution is -0.237. The standard InChI is InChI=1S/C12H20N2O3/c1-11(2,17-12(3,4)16)5-6-14-8-10(9-15)7-13-14/h7-9,16H,5-6H2,1-4H3. The van der Waals surface area contributed by atoms with Crippen LogP contribution in [0.15, 0.2) is 12.4 Å². The van der Waals surface area contributed by atoms with Gasteiger partial charge >= 0.3 is 0 Å². The minimum atomic E-state index is -1.15. The summed E-state index contributed by atoms with van der Waals surface area (Å²) < 4.78 is 7.22. The van der Waals surface area contributed by atoms with Gasteiger partial charge in [0.2, 0.25) is 0 Å². The van der Waals surface area contributed by atoms with Crippen LogP contribution in [0.25, 0.3) is 0 Å². The van der Waals surface area contributed by atoms with Crippen molar-refractivity contribution in [1.29, 1.82) is 0 Å². The number of carbonyl (C=O) groups is 1. The molecule has 0 aliphatic rings. The molecule has 17 heavy (non-hydrogen) atoms. The van der Waals surface area contributed by atoms with Crippen molar-refractivity contribution in [2.24, 2.45) is 0 Å². The summed E-state index contributed by atoms with van der Waals surface area (Å²) in [6.45, 7) is 7.67. The van der Waals surface area contributed by atoms with Crippen molar-refractivity contribution in [1.82, 2.24) is 9.78 Å². The topological polar surface area (TPSA) is 64.3 Å². The molecule has 1 rings (SSSR count).